The molecule has 1 fully saturated rings. The van der Waals surface area contributed by atoms with E-state index in [0.29, 0.717) is 13.0 Å². The molecular formula is C19H21NO2. The summed E-state index contributed by atoms with van der Waals surface area (Å²) in [6.07, 6.45) is 0.694. The van der Waals surface area contributed by atoms with Crippen LogP contribution in [-0.2, 0) is 22.6 Å². The minimum atomic E-state index is -0.518. The molecule has 1 heterocycles. The monoisotopic (exact) mass is 295 g/mol. The van der Waals surface area contributed by atoms with Gasteiger partial charge in [0.1, 0.15) is 0 Å². The van der Waals surface area contributed by atoms with Gasteiger partial charge < -0.3 is 4.84 Å². The number of carbonyl (C=O) groups excluding carboxylic acids is 1. The second-order valence-corrected chi connectivity index (χ2v) is 6.20. The van der Waals surface area contributed by atoms with Crippen LogP contribution in [-0.4, -0.2) is 17.1 Å². The summed E-state index contributed by atoms with van der Waals surface area (Å²) in [5.74, 6) is -0.139. The summed E-state index contributed by atoms with van der Waals surface area (Å²) in [7, 11) is 0. The largest absolute Gasteiger partial charge is 0.367 e. The van der Waals surface area contributed by atoms with Crippen LogP contribution < -0.4 is 0 Å². The van der Waals surface area contributed by atoms with Crippen LogP contribution in [0.1, 0.15) is 25.0 Å². The molecule has 1 saturated heterocycles. The van der Waals surface area contributed by atoms with E-state index in [4.69, 9.17) is 4.84 Å². The van der Waals surface area contributed by atoms with Crippen LogP contribution in [0.3, 0.4) is 0 Å². The van der Waals surface area contributed by atoms with Crippen LogP contribution in [0.15, 0.2) is 60.7 Å². The van der Waals surface area contributed by atoms with E-state index >= 15 is 0 Å². The molecule has 114 valence electrons. The molecule has 3 rings (SSSR count). The van der Waals surface area contributed by atoms with Crippen molar-refractivity contribution in [1.82, 2.24) is 5.06 Å². The Morgan fingerprint density at radius 1 is 1.00 bits per heavy atom. The fourth-order valence-electron chi connectivity index (χ4n) is 2.95. The van der Waals surface area contributed by atoms with Gasteiger partial charge in [0.05, 0.1) is 18.0 Å². The zero-order chi connectivity index (χ0) is 15.6. The van der Waals surface area contributed by atoms with Gasteiger partial charge in [0.2, 0.25) is 0 Å². The first kappa shape index (κ1) is 14.8. The quantitative estimate of drug-likeness (QED) is 0.863. The standard InChI is InChI=1S/C19H21NO2/c1-15-19(2,13-16-9-5-3-6-10-16)18(21)22-20(15)14-17-11-7-4-8-12-17/h3-12,15H,13-14H2,1-2H3/t15-,19-/m1/s1. The lowest BCUT2D eigenvalue weighted by Gasteiger charge is -2.26. The van der Waals surface area contributed by atoms with Crippen molar-refractivity contribution in [3.8, 4) is 0 Å². The molecule has 0 N–H and O–H groups in total. The highest BCUT2D eigenvalue weighted by Crippen LogP contribution is 2.38. The second kappa shape index (κ2) is 5.93. The first-order valence-electron chi connectivity index (χ1n) is 7.66. The summed E-state index contributed by atoms with van der Waals surface area (Å²) >= 11 is 0. The van der Waals surface area contributed by atoms with Gasteiger partial charge in [-0.15, -0.1) is 5.06 Å². The fourth-order valence-corrected chi connectivity index (χ4v) is 2.95. The molecule has 3 nitrogen and oxygen atoms in total. The zero-order valence-corrected chi connectivity index (χ0v) is 13.0. The lowest BCUT2D eigenvalue weighted by atomic mass is 9.78. The van der Waals surface area contributed by atoms with E-state index in [9.17, 15) is 4.79 Å². The fraction of sp³-hybridized carbons (Fsp3) is 0.316. The Morgan fingerprint density at radius 2 is 1.55 bits per heavy atom. The van der Waals surface area contributed by atoms with Crippen molar-refractivity contribution in [2.45, 2.75) is 32.9 Å². The van der Waals surface area contributed by atoms with E-state index in [2.05, 4.69) is 19.1 Å². The molecule has 0 aromatic heterocycles. The predicted molar refractivity (Wildman–Crippen MR) is 85.8 cm³/mol. The lowest BCUT2D eigenvalue weighted by Crippen LogP contribution is -2.38. The third-order valence-corrected chi connectivity index (χ3v) is 4.62. The SMILES string of the molecule is C[C@H]1N(Cc2ccccc2)OC(=O)[C@]1(C)Cc1ccccc1. The van der Waals surface area contributed by atoms with Crippen LogP contribution in [0.2, 0.25) is 0 Å². The van der Waals surface area contributed by atoms with Crippen molar-refractivity contribution in [3.05, 3.63) is 71.8 Å². The molecule has 0 radical (unpaired) electrons. The number of rotatable bonds is 4. The van der Waals surface area contributed by atoms with E-state index in [1.165, 1.54) is 0 Å². The van der Waals surface area contributed by atoms with Crippen molar-refractivity contribution < 1.29 is 9.63 Å². The molecule has 1 aliphatic heterocycles. The van der Waals surface area contributed by atoms with Crippen LogP contribution in [0.4, 0.5) is 0 Å². The van der Waals surface area contributed by atoms with Gasteiger partial charge in [0.25, 0.3) is 0 Å². The van der Waals surface area contributed by atoms with E-state index in [1.807, 2.05) is 55.5 Å². The van der Waals surface area contributed by atoms with Gasteiger partial charge in [0, 0.05) is 0 Å². The van der Waals surface area contributed by atoms with Crippen molar-refractivity contribution in [1.29, 1.82) is 0 Å². The van der Waals surface area contributed by atoms with Gasteiger partial charge in [-0.25, -0.2) is 4.79 Å². The van der Waals surface area contributed by atoms with E-state index in [1.54, 1.807) is 5.06 Å². The number of nitrogens with zero attached hydrogens (tertiary/aromatic N) is 1. The Kier molecular flexibility index (Phi) is 3.99. The molecule has 0 amide bonds. The number of carbonyl (C=O) groups is 1. The van der Waals surface area contributed by atoms with E-state index < -0.39 is 5.41 Å². The maximum absolute atomic E-state index is 12.4. The van der Waals surface area contributed by atoms with E-state index in [0.717, 1.165) is 11.1 Å². The van der Waals surface area contributed by atoms with E-state index in [-0.39, 0.29) is 12.0 Å². The molecule has 0 unspecified atom stereocenters. The first-order valence-corrected chi connectivity index (χ1v) is 7.66. The molecule has 2 aromatic rings. The van der Waals surface area contributed by atoms with Crippen molar-refractivity contribution in [3.63, 3.8) is 0 Å². The average Bonchev–Trinajstić information content (AvgIpc) is 2.74. The Hall–Kier alpha value is -2.13. The number of hydroxylamine groups is 2. The summed E-state index contributed by atoms with van der Waals surface area (Å²) in [5.41, 5.74) is 1.79. The van der Waals surface area contributed by atoms with Crippen LogP contribution >= 0.6 is 0 Å². The Bertz CT molecular complexity index is 641. The predicted octanol–water partition coefficient (Wildman–Crippen LogP) is 3.60. The third kappa shape index (κ3) is 2.77. The summed E-state index contributed by atoms with van der Waals surface area (Å²) < 4.78 is 0. The number of hydrogen-bond acceptors (Lipinski definition) is 3. The maximum Gasteiger partial charge on any atom is 0.332 e. The second-order valence-electron chi connectivity index (χ2n) is 6.20. The van der Waals surface area contributed by atoms with Crippen LogP contribution in [0, 0.1) is 5.41 Å². The first-order chi connectivity index (χ1) is 10.6. The maximum atomic E-state index is 12.4. The molecule has 0 aliphatic carbocycles. The normalized spacial score (nSPS) is 25.2. The molecule has 0 saturated carbocycles. The van der Waals surface area contributed by atoms with Gasteiger partial charge in [0.15, 0.2) is 0 Å². The van der Waals surface area contributed by atoms with Gasteiger partial charge in [-0.3, -0.25) is 0 Å². The average molecular weight is 295 g/mol. The molecular weight excluding hydrogens is 274 g/mol. The highest BCUT2D eigenvalue weighted by atomic mass is 16.7. The van der Waals surface area contributed by atoms with Crippen molar-refractivity contribution >= 4 is 5.97 Å². The topological polar surface area (TPSA) is 29.5 Å². The molecule has 0 spiro atoms. The highest BCUT2D eigenvalue weighted by Gasteiger charge is 2.51. The minimum Gasteiger partial charge on any atom is -0.367 e. The summed E-state index contributed by atoms with van der Waals surface area (Å²) in [6.45, 7) is 4.69. The smallest absolute Gasteiger partial charge is 0.332 e. The number of hydrogen-bond donors (Lipinski definition) is 0. The molecule has 0 bridgehead atoms. The van der Waals surface area contributed by atoms with Crippen LogP contribution in [0.25, 0.3) is 0 Å². The van der Waals surface area contributed by atoms with Gasteiger partial charge in [-0.2, -0.15) is 0 Å². The molecule has 3 heteroatoms. The highest BCUT2D eigenvalue weighted by molar-refractivity contribution is 5.79. The minimum absolute atomic E-state index is 0.0282. The van der Waals surface area contributed by atoms with Gasteiger partial charge in [-0.05, 0) is 31.4 Å². The summed E-state index contributed by atoms with van der Waals surface area (Å²) in [5, 5.41) is 1.81. The number of benzene rings is 2. The van der Waals surface area contributed by atoms with Crippen LogP contribution in [0.5, 0.6) is 0 Å². The Morgan fingerprint density at radius 3 is 2.14 bits per heavy atom. The Labute approximate surface area is 131 Å². The lowest BCUT2D eigenvalue weighted by molar-refractivity contribution is -0.178. The summed E-state index contributed by atoms with van der Waals surface area (Å²) in [4.78, 5) is 18.0. The van der Waals surface area contributed by atoms with Gasteiger partial charge in [-0.1, -0.05) is 60.7 Å². The van der Waals surface area contributed by atoms with Gasteiger partial charge >= 0.3 is 5.97 Å². The van der Waals surface area contributed by atoms with Crippen molar-refractivity contribution in [2.75, 3.05) is 0 Å². The molecule has 2 atom stereocenters. The van der Waals surface area contributed by atoms with Crippen molar-refractivity contribution in [2.24, 2.45) is 5.41 Å². The summed E-state index contributed by atoms with van der Waals surface area (Å²) in [6, 6.07) is 20.2. The zero-order valence-electron chi connectivity index (χ0n) is 13.0. The molecule has 1 aliphatic rings. The molecule has 2 aromatic carbocycles. The third-order valence-electron chi connectivity index (χ3n) is 4.62. The Balaban J connectivity index is 1.77. The molecule has 22 heavy (non-hydrogen) atoms.